The molecule has 12 heavy (non-hydrogen) atoms. The Morgan fingerprint density at radius 1 is 1.67 bits per heavy atom. The molecule has 1 unspecified atom stereocenters. The minimum atomic E-state index is -0.441. The number of ether oxygens (including phenoxy) is 2. The zero-order valence-electron chi connectivity index (χ0n) is 7.37. The average molecular weight is 174 g/mol. The molecule has 0 fully saturated rings. The summed E-state index contributed by atoms with van der Waals surface area (Å²) >= 11 is 0. The first-order chi connectivity index (χ1) is 5.57. The van der Waals surface area contributed by atoms with Crippen molar-refractivity contribution in [2.75, 3.05) is 13.4 Å². The van der Waals surface area contributed by atoms with E-state index in [1.165, 1.54) is 0 Å². The monoisotopic (exact) mass is 174 g/mol. The molecular weight excluding hydrogens is 160 g/mol. The van der Waals surface area contributed by atoms with Crippen LogP contribution in [0.25, 0.3) is 0 Å². The van der Waals surface area contributed by atoms with Crippen LogP contribution in [0, 0.1) is 0 Å². The van der Waals surface area contributed by atoms with Gasteiger partial charge in [-0.2, -0.15) is 0 Å². The molecule has 0 radical (unpaired) electrons. The lowest BCUT2D eigenvalue weighted by molar-refractivity contribution is -0.145. The number of aliphatic hydroxyl groups is 1. The highest BCUT2D eigenvalue weighted by molar-refractivity contribution is 5.86. The van der Waals surface area contributed by atoms with E-state index in [0.29, 0.717) is 5.57 Å². The molecule has 0 aromatic rings. The third-order valence-electron chi connectivity index (χ3n) is 1.16. The van der Waals surface area contributed by atoms with Gasteiger partial charge >= 0.3 is 5.97 Å². The molecule has 0 amide bonds. The van der Waals surface area contributed by atoms with Crippen molar-refractivity contribution in [2.45, 2.75) is 20.0 Å². The molecule has 70 valence electrons. The van der Waals surface area contributed by atoms with E-state index in [1.807, 2.05) is 0 Å². The fourth-order valence-electron chi connectivity index (χ4n) is 0.492. The Kier molecular flexibility index (Phi) is 5.32. The fourth-order valence-corrected chi connectivity index (χ4v) is 0.492. The molecular formula is C8H14O4. The Bertz CT molecular complexity index is 164. The van der Waals surface area contributed by atoms with E-state index >= 15 is 0 Å². The first kappa shape index (κ1) is 11.1. The molecule has 0 bridgehead atoms. The van der Waals surface area contributed by atoms with E-state index < -0.39 is 5.97 Å². The van der Waals surface area contributed by atoms with Gasteiger partial charge in [-0.3, -0.25) is 0 Å². The van der Waals surface area contributed by atoms with Crippen LogP contribution in [0.1, 0.15) is 13.8 Å². The number of hydrogen-bond donors (Lipinski definition) is 1. The Morgan fingerprint density at radius 2 is 2.25 bits per heavy atom. The molecule has 1 N–H and O–H groups in total. The van der Waals surface area contributed by atoms with Crippen LogP contribution in [0.4, 0.5) is 0 Å². The van der Waals surface area contributed by atoms with Gasteiger partial charge in [0.2, 0.25) is 0 Å². The largest absolute Gasteiger partial charge is 0.460 e. The molecule has 0 aromatic heterocycles. The van der Waals surface area contributed by atoms with Crippen LogP contribution in [0.3, 0.4) is 0 Å². The van der Waals surface area contributed by atoms with Gasteiger partial charge in [-0.1, -0.05) is 6.58 Å². The van der Waals surface area contributed by atoms with Crippen molar-refractivity contribution in [2.24, 2.45) is 0 Å². The predicted octanol–water partition coefficient (Wildman–Crippen LogP) is 0.461. The number of rotatable bonds is 5. The summed E-state index contributed by atoms with van der Waals surface area (Å²) in [6.07, 6.45) is -0.293. The quantitative estimate of drug-likeness (QED) is 0.374. The smallest absolute Gasteiger partial charge is 0.333 e. The van der Waals surface area contributed by atoms with Gasteiger partial charge in [0, 0.05) is 5.57 Å². The molecule has 0 aromatic carbocycles. The fraction of sp³-hybridized carbons (Fsp3) is 0.625. The van der Waals surface area contributed by atoms with Gasteiger partial charge in [-0.25, -0.2) is 4.79 Å². The number of aliphatic hydroxyl groups excluding tert-OH is 1. The Morgan fingerprint density at radius 3 is 2.67 bits per heavy atom. The third-order valence-corrected chi connectivity index (χ3v) is 1.16. The molecule has 0 aliphatic rings. The van der Waals surface area contributed by atoms with Crippen molar-refractivity contribution in [1.29, 1.82) is 0 Å². The summed E-state index contributed by atoms with van der Waals surface area (Å²) in [5, 5.41) is 8.33. The molecule has 4 nitrogen and oxygen atoms in total. The first-order valence-electron chi connectivity index (χ1n) is 3.63. The zero-order chi connectivity index (χ0) is 9.56. The van der Waals surface area contributed by atoms with Gasteiger partial charge in [-0.15, -0.1) is 0 Å². The zero-order valence-corrected chi connectivity index (χ0v) is 7.37. The van der Waals surface area contributed by atoms with Gasteiger partial charge in [0.25, 0.3) is 0 Å². The number of hydrogen-bond acceptors (Lipinski definition) is 4. The summed E-state index contributed by atoms with van der Waals surface area (Å²) < 4.78 is 9.46. The van der Waals surface area contributed by atoms with E-state index in [2.05, 4.69) is 6.58 Å². The number of carbonyl (C=O) groups is 1. The van der Waals surface area contributed by atoms with Gasteiger partial charge in [0.15, 0.2) is 0 Å². The van der Waals surface area contributed by atoms with Gasteiger partial charge in [0.05, 0.1) is 6.10 Å². The molecule has 4 heteroatoms. The molecule has 1 atom stereocenters. The van der Waals surface area contributed by atoms with Crippen LogP contribution < -0.4 is 0 Å². The molecule has 0 rings (SSSR count). The average Bonchev–Trinajstić information content (AvgIpc) is 2.00. The van der Waals surface area contributed by atoms with Crippen LogP contribution in [0.5, 0.6) is 0 Å². The SMILES string of the molecule is C=C(C)C(=O)OCC(C)OCO. The van der Waals surface area contributed by atoms with Crippen LogP contribution >= 0.6 is 0 Å². The summed E-state index contributed by atoms with van der Waals surface area (Å²) in [6, 6.07) is 0. The summed E-state index contributed by atoms with van der Waals surface area (Å²) in [6.45, 7) is 6.44. The van der Waals surface area contributed by atoms with Crippen molar-refractivity contribution >= 4 is 5.97 Å². The van der Waals surface area contributed by atoms with E-state index in [9.17, 15) is 4.79 Å². The van der Waals surface area contributed by atoms with Gasteiger partial charge < -0.3 is 14.6 Å². The lowest BCUT2D eigenvalue weighted by atomic mass is 10.3. The second kappa shape index (κ2) is 5.74. The normalized spacial score (nSPS) is 12.2. The molecule has 0 heterocycles. The summed E-state index contributed by atoms with van der Waals surface area (Å²) in [7, 11) is 0. The van der Waals surface area contributed by atoms with Crippen molar-refractivity contribution < 1.29 is 19.4 Å². The maximum atomic E-state index is 10.8. The van der Waals surface area contributed by atoms with Crippen LogP contribution in [-0.2, 0) is 14.3 Å². The predicted molar refractivity (Wildman–Crippen MR) is 43.4 cm³/mol. The minimum Gasteiger partial charge on any atom is -0.460 e. The van der Waals surface area contributed by atoms with Crippen molar-refractivity contribution in [1.82, 2.24) is 0 Å². The lowest BCUT2D eigenvalue weighted by Gasteiger charge is -2.10. The van der Waals surface area contributed by atoms with Crippen molar-refractivity contribution in [3.05, 3.63) is 12.2 Å². The Balaban J connectivity index is 3.54. The van der Waals surface area contributed by atoms with Crippen LogP contribution in [0.15, 0.2) is 12.2 Å². The highest BCUT2D eigenvalue weighted by Gasteiger charge is 2.06. The highest BCUT2D eigenvalue weighted by Crippen LogP contribution is 1.96. The third kappa shape index (κ3) is 4.87. The second-order valence-electron chi connectivity index (χ2n) is 2.49. The Labute approximate surface area is 71.8 Å². The lowest BCUT2D eigenvalue weighted by Crippen LogP contribution is -2.19. The number of esters is 1. The Hall–Kier alpha value is -0.870. The highest BCUT2D eigenvalue weighted by atomic mass is 16.6. The molecule has 0 saturated heterocycles. The topological polar surface area (TPSA) is 55.8 Å². The molecule has 0 saturated carbocycles. The van der Waals surface area contributed by atoms with Crippen LogP contribution in [0.2, 0.25) is 0 Å². The maximum absolute atomic E-state index is 10.8. The molecule has 0 spiro atoms. The van der Waals surface area contributed by atoms with E-state index in [-0.39, 0.29) is 19.5 Å². The first-order valence-corrected chi connectivity index (χ1v) is 3.63. The maximum Gasteiger partial charge on any atom is 0.333 e. The summed E-state index contributed by atoms with van der Waals surface area (Å²) in [4.78, 5) is 10.8. The molecule has 0 aliphatic heterocycles. The molecule has 0 aliphatic carbocycles. The standard InChI is InChI=1S/C8H14O4/c1-6(2)8(10)11-4-7(3)12-5-9/h7,9H,1,4-5H2,2-3H3. The minimum absolute atomic E-state index is 0.131. The van der Waals surface area contributed by atoms with E-state index in [4.69, 9.17) is 14.6 Å². The number of carbonyl (C=O) groups excluding carboxylic acids is 1. The van der Waals surface area contributed by atoms with Crippen LogP contribution in [-0.4, -0.2) is 30.6 Å². The van der Waals surface area contributed by atoms with Gasteiger partial charge in [0.1, 0.15) is 13.4 Å². The van der Waals surface area contributed by atoms with Crippen molar-refractivity contribution in [3.63, 3.8) is 0 Å². The van der Waals surface area contributed by atoms with E-state index in [0.717, 1.165) is 0 Å². The second-order valence-corrected chi connectivity index (χ2v) is 2.49. The van der Waals surface area contributed by atoms with E-state index in [1.54, 1.807) is 13.8 Å². The summed E-state index contributed by atoms with van der Waals surface area (Å²) in [5.41, 5.74) is 0.353. The van der Waals surface area contributed by atoms with Gasteiger partial charge in [-0.05, 0) is 13.8 Å². The summed E-state index contributed by atoms with van der Waals surface area (Å²) in [5.74, 6) is -0.441. The van der Waals surface area contributed by atoms with Crippen molar-refractivity contribution in [3.8, 4) is 0 Å².